The number of fused-ring (bicyclic) bond motifs is 5. The molecule has 0 spiro atoms. The summed E-state index contributed by atoms with van der Waals surface area (Å²) in [5.74, 6) is 3.36. The van der Waals surface area contributed by atoms with Crippen molar-refractivity contribution in [3.63, 3.8) is 0 Å². The van der Waals surface area contributed by atoms with Crippen molar-refractivity contribution in [2.45, 2.75) is 98.0 Å². The number of carbonyl (C=O) groups excluding carboxylic acids is 2. The average Bonchev–Trinajstić information content (AvgIpc) is 3.03. The number of allylic oxidation sites excluding steroid dienone is 1. The highest BCUT2D eigenvalue weighted by Crippen LogP contribution is 2.67. The molecule has 0 saturated heterocycles. The van der Waals surface area contributed by atoms with Crippen LogP contribution in [0.3, 0.4) is 0 Å². The van der Waals surface area contributed by atoms with Gasteiger partial charge in [-0.1, -0.05) is 32.4 Å². The third-order valence-electron chi connectivity index (χ3n) is 10.00. The molecule has 4 aliphatic carbocycles. The van der Waals surface area contributed by atoms with Gasteiger partial charge in [0.2, 0.25) is 5.91 Å². The van der Waals surface area contributed by atoms with E-state index in [1.807, 2.05) is 0 Å². The Morgan fingerprint density at radius 3 is 2.63 bits per heavy atom. The predicted molar refractivity (Wildman–Crippen MR) is 118 cm³/mol. The van der Waals surface area contributed by atoms with Crippen molar-refractivity contribution in [3.8, 4) is 0 Å². The Morgan fingerprint density at radius 1 is 1.17 bits per heavy atom. The van der Waals surface area contributed by atoms with Gasteiger partial charge in [0.05, 0.1) is 0 Å². The van der Waals surface area contributed by atoms with E-state index in [-0.39, 0.29) is 23.4 Å². The lowest BCUT2D eigenvalue weighted by molar-refractivity contribution is -0.148. The van der Waals surface area contributed by atoms with E-state index in [1.165, 1.54) is 39.0 Å². The Hall–Kier alpha value is -1.32. The monoisotopic (exact) mass is 415 g/mol. The Balaban J connectivity index is 1.51. The van der Waals surface area contributed by atoms with Crippen molar-refractivity contribution < 1.29 is 14.3 Å². The van der Waals surface area contributed by atoms with Crippen molar-refractivity contribution in [1.29, 1.82) is 0 Å². The van der Waals surface area contributed by atoms with Gasteiger partial charge in [0.15, 0.2) is 0 Å². The predicted octanol–water partition coefficient (Wildman–Crippen LogP) is 5.40. The fourth-order valence-corrected chi connectivity index (χ4v) is 8.51. The lowest BCUT2D eigenvalue weighted by Gasteiger charge is -2.58. The number of carbonyl (C=O) groups is 2. The fraction of sp³-hybridized carbons (Fsp3) is 0.846. The Morgan fingerprint density at radius 2 is 1.93 bits per heavy atom. The first-order chi connectivity index (χ1) is 14.1. The molecule has 0 radical (unpaired) electrons. The summed E-state index contributed by atoms with van der Waals surface area (Å²) in [5, 5.41) is 0. The van der Waals surface area contributed by atoms with Crippen LogP contribution in [0.2, 0.25) is 0 Å². The molecule has 0 aliphatic heterocycles. The topological polar surface area (TPSA) is 69.4 Å². The zero-order valence-electron chi connectivity index (χ0n) is 19.4. The molecule has 8 unspecified atom stereocenters. The van der Waals surface area contributed by atoms with Crippen LogP contribution >= 0.6 is 0 Å². The van der Waals surface area contributed by atoms with E-state index in [4.69, 9.17) is 10.5 Å². The molecule has 4 nitrogen and oxygen atoms in total. The minimum atomic E-state index is -0.160. The van der Waals surface area contributed by atoms with Gasteiger partial charge >= 0.3 is 5.97 Å². The number of nitrogens with two attached hydrogens (primary N) is 1. The third-order valence-corrected chi connectivity index (χ3v) is 10.00. The van der Waals surface area contributed by atoms with Crippen molar-refractivity contribution in [2.24, 2.45) is 46.2 Å². The number of amides is 1. The van der Waals surface area contributed by atoms with Crippen molar-refractivity contribution >= 4 is 11.9 Å². The molecule has 0 aromatic heterocycles. The van der Waals surface area contributed by atoms with E-state index in [9.17, 15) is 9.59 Å². The normalized spacial score (nSPS) is 43.6. The molecule has 30 heavy (non-hydrogen) atoms. The smallest absolute Gasteiger partial charge is 0.302 e. The molecule has 8 atom stereocenters. The Labute approximate surface area is 182 Å². The van der Waals surface area contributed by atoms with Crippen LogP contribution in [0.15, 0.2) is 11.6 Å². The molecule has 4 rings (SSSR count). The lowest BCUT2D eigenvalue weighted by Crippen LogP contribution is -2.51. The zero-order valence-corrected chi connectivity index (χ0v) is 19.4. The molecule has 4 aliphatic rings. The largest absolute Gasteiger partial charge is 0.462 e. The molecule has 3 fully saturated rings. The maximum Gasteiger partial charge on any atom is 0.302 e. The standard InChI is InChI=1S/C26H41NO3/c1-16(5-10-24(27)29)21-8-9-22-20-7-6-18-15-19(30-17(2)28)11-13-25(18,3)23(20)12-14-26(21,22)4/h6,16,19-23H,5,7-15H2,1-4H3,(H2,27,29). The van der Waals surface area contributed by atoms with Crippen LogP contribution in [0.1, 0.15) is 91.9 Å². The molecule has 1 amide bonds. The van der Waals surface area contributed by atoms with Crippen molar-refractivity contribution in [3.05, 3.63) is 11.6 Å². The molecule has 0 heterocycles. The second-order valence-corrected chi connectivity index (χ2v) is 11.4. The summed E-state index contributed by atoms with van der Waals surface area (Å²) in [6, 6.07) is 0. The maximum absolute atomic E-state index is 11.4. The summed E-state index contributed by atoms with van der Waals surface area (Å²) in [4.78, 5) is 22.8. The van der Waals surface area contributed by atoms with E-state index in [2.05, 4.69) is 26.8 Å². The van der Waals surface area contributed by atoms with Crippen LogP contribution in [0, 0.1) is 40.4 Å². The molecule has 0 bridgehead atoms. The highest BCUT2D eigenvalue weighted by Gasteiger charge is 2.59. The highest BCUT2D eigenvalue weighted by molar-refractivity contribution is 5.73. The number of rotatable bonds is 5. The summed E-state index contributed by atoms with van der Waals surface area (Å²) < 4.78 is 5.57. The number of primary amides is 1. The van der Waals surface area contributed by atoms with E-state index in [0.717, 1.165) is 49.4 Å². The quantitative estimate of drug-likeness (QED) is 0.483. The van der Waals surface area contributed by atoms with Gasteiger partial charge in [-0.3, -0.25) is 9.59 Å². The first-order valence-corrected chi connectivity index (χ1v) is 12.3. The van der Waals surface area contributed by atoms with Crippen molar-refractivity contribution in [1.82, 2.24) is 0 Å². The van der Waals surface area contributed by atoms with E-state index >= 15 is 0 Å². The molecule has 2 N–H and O–H groups in total. The fourth-order valence-electron chi connectivity index (χ4n) is 8.51. The average molecular weight is 416 g/mol. The molecule has 3 saturated carbocycles. The summed E-state index contributed by atoms with van der Waals surface area (Å²) in [6.45, 7) is 8.95. The first-order valence-electron chi connectivity index (χ1n) is 12.3. The van der Waals surface area contributed by atoms with Crippen LogP contribution in [0.4, 0.5) is 0 Å². The second kappa shape index (κ2) is 7.98. The summed E-state index contributed by atoms with van der Waals surface area (Å²) in [6.07, 6.45) is 13.7. The van der Waals surface area contributed by atoms with Crippen LogP contribution in [0.25, 0.3) is 0 Å². The molecule has 0 aromatic carbocycles. The minimum absolute atomic E-state index is 0.0780. The maximum atomic E-state index is 11.4. The Bertz CT molecular complexity index is 730. The van der Waals surface area contributed by atoms with Crippen LogP contribution in [0.5, 0.6) is 0 Å². The number of hydrogen-bond donors (Lipinski definition) is 1. The van der Waals surface area contributed by atoms with Crippen LogP contribution < -0.4 is 5.73 Å². The van der Waals surface area contributed by atoms with Gasteiger partial charge in [-0.2, -0.15) is 0 Å². The highest BCUT2D eigenvalue weighted by atomic mass is 16.5. The first kappa shape index (κ1) is 21.9. The zero-order chi connectivity index (χ0) is 21.7. The SMILES string of the molecule is CC(=O)OC1CCC2(C)C(=CCC3C2CCC2(C)C(C(C)CCC(N)=O)CCC32)C1. The van der Waals surface area contributed by atoms with Crippen LogP contribution in [-0.4, -0.2) is 18.0 Å². The van der Waals surface area contributed by atoms with Gasteiger partial charge in [-0.25, -0.2) is 0 Å². The number of hydrogen-bond acceptors (Lipinski definition) is 3. The van der Waals surface area contributed by atoms with Gasteiger partial charge < -0.3 is 10.5 Å². The molecular formula is C26H41NO3. The van der Waals surface area contributed by atoms with Gasteiger partial charge in [0.1, 0.15) is 6.10 Å². The summed E-state index contributed by atoms with van der Waals surface area (Å²) in [7, 11) is 0. The Kier molecular flexibility index (Phi) is 5.83. The lowest BCUT2D eigenvalue weighted by atomic mass is 9.47. The number of esters is 1. The van der Waals surface area contributed by atoms with Gasteiger partial charge in [-0.05, 0) is 91.8 Å². The minimum Gasteiger partial charge on any atom is -0.462 e. The number of ether oxygens (including phenoxy) is 1. The molecular weight excluding hydrogens is 374 g/mol. The van der Waals surface area contributed by atoms with Gasteiger partial charge in [-0.15, -0.1) is 0 Å². The van der Waals surface area contributed by atoms with Crippen molar-refractivity contribution in [2.75, 3.05) is 0 Å². The molecule has 4 heteroatoms. The summed E-state index contributed by atoms with van der Waals surface area (Å²) in [5.41, 5.74) is 7.70. The van der Waals surface area contributed by atoms with E-state index in [0.29, 0.717) is 17.8 Å². The third kappa shape index (κ3) is 3.62. The van der Waals surface area contributed by atoms with E-state index < -0.39 is 0 Å². The second-order valence-electron chi connectivity index (χ2n) is 11.4. The molecule has 0 aromatic rings. The van der Waals surface area contributed by atoms with Gasteiger partial charge in [0.25, 0.3) is 0 Å². The van der Waals surface area contributed by atoms with E-state index in [1.54, 1.807) is 5.57 Å². The summed E-state index contributed by atoms with van der Waals surface area (Å²) >= 11 is 0. The van der Waals surface area contributed by atoms with Crippen LogP contribution in [-0.2, 0) is 14.3 Å². The molecule has 168 valence electrons. The van der Waals surface area contributed by atoms with Gasteiger partial charge in [0, 0.05) is 19.8 Å².